The molecule has 0 aliphatic carbocycles. The first kappa shape index (κ1) is 13.4. The fourth-order valence-electron chi connectivity index (χ4n) is 1.26. The standard InChI is InChI=1S/C10H9F5N2/c11-9(12,10(13,14)15)7-3-1-2-6(4-7)5-8(16)17/h1-4H,5H2,(H3,16,17). The molecule has 0 spiro atoms. The van der Waals surface area contributed by atoms with Crippen LogP contribution in [-0.2, 0) is 12.3 Å². The maximum absolute atomic E-state index is 13.0. The zero-order chi connectivity index (χ0) is 13.3. The van der Waals surface area contributed by atoms with E-state index >= 15 is 0 Å². The van der Waals surface area contributed by atoms with Gasteiger partial charge in [-0.15, -0.1) is 0 Å². The van der Waals surface area contributed by atoms with Gasteiger partial charge in [-0.3, -0.25) is 5.41 Å². The normalized spacial score (nSPS) is 12.5. The quantitative estimate of drug-likeness (QED) is 0.485. The Kier molecular flexibility index (Phi) is 3.40. The molecule has 0 radical (unpaired) electrons. The van der Waals surface area contributed by atoms with Crippen molar-refractivity contribution in [3.05, 3.63) is 35.4 Å². The van der Waals surface area contributed by atoms with Gasteiger partial charge in [-0.2, -0.15) is 22.0 Å². The van der Waals surface area contributed by atoms with Crippen LogP contribution in [0.5, 0.6) is 0 Å². The van der Waals surface area contributed by atoms with Crippen molar-refractivity contribution in [1.82, 2.24) is 0 Å². The van der Waals surface area contributed by atoms with Crippen molar-refractivity contribution in [2.24, 2.45) is 5.73 Å². The van der Waals surface area contributed by atoms with Gasteiger partial charge in [0, 0.05) is 12.0 Å². The van der Waals surface area contributed by atoms with Crippen molar-refractivity contribution >= 4 is 5.84 Å². The Morgan fingerprint density at radius 1 is 1.18 bits per heavy atom. The van der Waals surface area contributed by atoms with Gasteiger partial charge in [0.25, 0.3) is 0 Å². The van der Waals surface area contributed by atoms with Gasteiger partial charge in [-0.1, -0.05) is 18.2 Å². The molecule has 0 aliphatic rings. The van der Waals surface area contributed by atoms with Crippen LogP contribution in [0.4, 0.5) is 22.0 Å². The Morgan fingerprint density at radius 2 is 1.76 bits per heavy atom. The van der Waals surface area contributed by atoms with Crippen LogP contribution in [0.15, 0.2) is 24.3 Å². The van der Waals surface area contributed by atoms with Gasteiger partial charge in [0.2, 0.25) is 0 Å². The maximum Gasteiger partial charge on any atom is 0.458 e. The summed E-state index contributed by atoms with van der Waals surface area (Å²) in [5.41, 5.74) is 4.03. The van der Waals surface area contributed by atoms with E-state index in [9.17, 15) is 22.0 Å². The third-order valence-corrected chi connectivity index (χ3v) is 2.04. The van der Waals surface area contributed by atoms with Crippen LogP contribution in [0.3, 0.4) is 0 Å². The van der Waals surface area contributed by atoms with Crippen LogP contribution < -0.4 is 5.73 Å². The molecule has 0 saturated carbocycles. The van der Waals surface area contributed by atoms with Crippen LogP contribution in [-0.4, -0.2) is 12.0 Å². The van der Waals surface area contributed by atoms with E-state index in [2.05, 4.69) is 0 Å². The Labute approximate surface area is 93.7 Å². The van der Waals surface area contributed by atoms with E-state index in [-0.39, 0.29) is 17.8 Å². The topological polar surface area (TPSA) is 49.9 Å². The van der Waals surface area contributed by atoms with Gasteiger partial charge < -0.3 is 5.73 Å². The van der Waals surface area contributed by atoms with E-state index in [0.29, 0.717) is 12.1 Å². The van der Waals surface area contributed by atoms with E-state index < -0.39 is 17.7 Å². The van der Waals surface area contributed by atoms with E-state index in [1.54, 1.807) is 0 Å². The Bertz CT molecular complexity index is 425. The number of halogens is 5. The first-order chi connectivity index (χ1) is 7.64. The average molecular weight is 252 g/mol. The smallest absolute Gasteiger partial charge is 0.387 e. The highest BCUT2D eigenvalue weighted by molar-refractivity contribution is 5.79. The Morgan fingerprint density at radius 3 is 2.24 bits per heavy atom. The number of benzene rings is 1. The second-order valence-electron chi connectivity index (χ2n) is 3.47. The van der Waals surface area contributed by atoms with Crippen molar-refractivity contribution in [3.63, 3.8) is 0 Å². The summed E-state index contributed by atoms with van der Waals surface area (Å²) in [6.07, 6.45) is -5.80. The number of rotatable bonds is 3. The molecule has 0 amide bonds. The summed E-state index contributed by atoms with van der Waals surface area (Å²) in [6, 6.07) is 3.80. The lowest BCUT2D eigenvalue weighted by Crippen LogP contribution is -2.33. The molecular formula is C10H9F5N2. The van der Waals surface area contributed by atoms with Crippen LogP contribution in [0, 0.1) is 5.41 Å². The zero-order valence-electron chi connectivity index (χ0n) is 8.48. The molecule has 3 N–H and O–H groups in total. The molecule has 0 unspecified atom stereocenters. The van der Waals surface area contributed by atoms with Gasteiger partial charge in [0.05, 0.1) is 5.84 Å². The highest BCUT2D eigenvalue weighted by Gasteiger charge is 2.58. The summed E-state index contributed by atoms with van der Waals surface area (Å²) in [6.45, 7) is 0. The molecular weight excluding hydrogens is 243 g/mol. The summed E-state index contributed by atoms with van der Waals surface area (Å²) >= 11 is 0. The van der Waals surface area contributed by atoms with E-state index in [4.69, 9.17) is 11.1 Å². The van der Waals surface area contributed by atoms with Crippen LogP contribution in [0.1, 0.15) is 11.1 Å². The lowest BCUT2D eigenvalue weighted by atomic mass is 10.0. The number of nitrogens with two attached hydrogens (primary N) is 1. The van der Waals surface area contributed by atoms with Crippen molar-refractivity contribution < 1.29 is 22.0 Å². The fraction of sp³-hybridized carbons (Fsp3) is 0.300. The minimum Gasteiger partial charge on any atom is -0.387 e. The van der Waals surface area contributed by atoms with E-state index in [1.165, 1.54) is 6.07 Å². The van der Waals surface area contributed by atoms with E-state index in [0.717, 1.165) is 6.07 Å². The van der Waals surface area contributed by atoms with Gasteiger partial charge >= 0.3 is 12.1 Å². The summed E-state index contributed by atoms with van der Waals surface area (Å²) in [4.78, 5) is 0. The number of amidine groups is 1. The summed E-state index contributed by atoms with van der Waals surface area (Å²) in [7, 11) is 0. The lowest BCUT2D eigenvalue weighted by molar-refractivity contribution is -0.289. The average Bonchev–Trinajstić information content (AvgIpc) is 2.15. The fourth-order valence-corrected chi connectivity index (χ4v) is 1.26. The molecule has 1 rings (SSSR count). The molecule has 17 heavy (non-hydrogen) atoms. The molecule has 0 aliphatic heterocycles. The molecule has 94 valence electrons. The summed E-state index contributed by atoms with van der Waals surface area (Å²) in [5, 5.41) is 6.95. The van der Waals surface area contributed by atoms with Crippen molar-refractivity contribution in [2.75, 3.05) is 0 Å². The minimum atomic E-state index is -5.64. The van der Waals surface area contributed by atoms with Crippen molar-refractivity contribution in [2.45, 2.75) is 18.5 Å². The second kappa shape index (κ2) is 4.31. The Hall–Kier alpha value is -1.66. The van der Waals surface area contributed by atoms with E-state index in [1.807, 2.05) is 0 Å². The number of alkyl halides is 5. The molecule has 2 nitrogen and oxygen atoms in total. The minimum absolute atomic E-state index is 0.138. The number of hydrogen-bond acceptors (Lipinski definition) is 1. The van der Waals surface area contributed by atoms with Crippen LogP contribution in [0.2, 0.25) is 0 Å². The van der Waals surface area contributed by atoms with Gasteiger partial charge in [0.15, 0.2) is 0 Å². The monoisotopic (exact) mass is 252 g/mol. The summed E-state index contributed by atoms with van der Waals surface area (Å²) < 4.78 is 62.2. The second-order valence-corrected chi connectivity index (χ2v) is 3.47. The molecule has 0 bridgehead atoms. The number of hydrogen-bond donors (Lipinski definition) is 2. The SMILES string of the molecule is N=C(N)Cc1cccc(C(F)(F)C(F)(F)F)c1. The predicted octanol–water partition coefficient (Wildman–Crippen LogP) is 2.82. The molecule has 7 heteroatoms. The first-order valence-corrected chi connectivity index (χ1v) is 4.51. The van der Waals surface area contributed by atoms with Gasteiger partial charge in [0.1, 0.15) is 0 Å². The summed E-state index contributed by atoms with van der Waals surface area (Å²) in [5.74, 6) is -5.21. The van der Waals surface area contributed by atoms with Gasteiger partial charge in [-0.25, -0.2) is 0 Å². The molecule has 1 aromatic rings. The number of nitrogens with one attached hydrogen (secondary N) is 1. The molecule has 0 heterocycles. The zero-order valence-corrected chi connectivity index (χ0v) is 8.48. The predicted molar refractivity (Wildman–Crippen MR) is 52.0 cm³/mol. The van der Waals surface area contributed by atoms with Crippen LogP contribution in [0.25, 0.3) is 0 Å². The molecule has 0 saturated heterocycles. The Balaban J connectivity index is 3.11. The molecule has 0 fully saturated rings. The first-order valence-electron chi connectivity index (χ1n) is 4.51. The molecule has 0 atom stereocenters. The molecule has 0 aromatic heterocycles. The van der Waals surface area contributed by atoms with Gasteiger partial charge in [-0.05, 0) is 11.6 Å². The largest absolute Gasteiger partial charge is 0.458 e. The lowest BCUT2D eigenvalue weighted by Gasteiger charge is -2.20. The highest BCUT2D eigenvalue weighted by Crippen LogP contribution is 2.43. The van der Waals surface area contributed by atoms with Crippen molar-refractivity contribution in [3.8, 4) is 0 Å². The third kappa shape index (κ3) is 2.92. The molecule has 1 aromatic carbocycles. The third-order valence-electron chi connectivity index (χ3n) is 2.04. The highest BCUT2D eigenvalue weighted by atomic mass is 19.4. The van der Waals surface area contributed by atoms with Crippen molar-refractivity contribution in [1.29, 1.82) is 5.41 Å². The maximum atomic E-state index is 13.0. The van der Waals surface area contributed by atoms with Crippen LogP contribution >= 0.6 is 0 Å².